The monoisotopic (exact) mass is 828 g/mol. The van der Waals surface area contributed by atoms with Crippen LogP contribution in [0.25, 0.3) is 0 Å². The zero-order valence-electron chi connectivity index (χ0n) is 34.1. The van der Waals surface area contributed by atoms with E-state index in [1.165, 1.54) is 24.3 Å². The van der Waals surface area contributed by atoms with Crippen molar-refractivity contribution in [3.63, 3.8) is 0 Å². The Kier molecular flexibility index (Phi) is 13.9. The molecular formula is C45H52N2O13. The number of nitrogens with one attached hydrogen (secondary N) is 2. The highest BCUT2D eigenvalue weighted by molar-refractivity contribution is 6.09. The van der Waals surface area contributed by atoms with Gasteiger partial charge in [0.25, 0.3) is 0 Å². The van der Waals surface area contributed by atoms with Gasteiger partial charge in [-0.25, -0.2) is 14.4 Å². The molecule has 60 heavy (non-hydrogen) atoms. The van der Waals surface area contributed by atoms with Crippen LogP contribution in [0.1, 0.15) is 79.2 Å². The number of carbonyl (C=O) groups is 6. The number of cyclic esters (lactones) is 1. The molecule has 15 heteroatoms. The van der Waals surface area contributed by atoms with Crippen LogP contribution < -0.4 is 10.6 Å². The predicted molar refractivity (Wildman–Crippen MR) is 214 cm³/mol. The predicted octanol–water partition coefficient (Wildman–Crippen LogP) is 3.56. The van der Waals surface area contributed by atoms with Gasteiger partial charge in [0.05, 0.1) is 55.2 Å². The molecule has 2 aliphatic heterocycles. The number of esters is 4. The van der Waals surface area contributed by atoms with Crippen LogP contribution in [0.15, 0.2) is 60.2 Å². The standard InChI is InChI=1S/C45H52N2O13/c1-5-19-55-21-22-56-38(50)25-46-24-37(49)47-31-12-10-29(11-13-31)40(52)28-6-8-30(9-7-28)41(53)58-26-39(51)59-27-44(3)34-14-18-45(4)35(43(34,2)17-15-36(44)48)23-33(60-45)32-16-20-57-42(32)54/h1,6-13,16,33-36,46,48H,14-15,17-27H2,2-4H3,(H,47,49)/t33?,34?,35?,36-,43-,44+,45?/m1/s1. The van der Waals surface area contributed by atoms with Crippen molar-refractivity contribution < 1.29 is 62.3 Å². The summed E-state index contributed by atoms with van der Waals surface area (Å²) in [7, 11) is 0. The van der Waals surface area contributed by atoms with E-state index >= 15 is 0 Å². The first-order valence-electron chi connectivity index (χ1n) is 20.1. The average molecular weight is 829 g/mol. The number of ether oxygens (including phenoxy) is 6. The number of hydrogen-bond acceptors (Lipinski definition) is 14. The zero-order valence-corrected chi connectivity index (χ0v) is 34.1. The number of hydrogen-bond donors (Lipinski definition) is 3. The van der Waals surface area contributed by atoms with E-state index in [0.717, 1.165) is 19.3 Å². The molecule has 2 aromatic carbocycles. The maximum Gasteiger partial charge on any atom is 0.344 e. The molecule has 0 bridgehead atoms. The molecule has 0 radical (unpaired) electrons. The Labute approximate surface area is 348 Å². The molecular weight excluding hydrogens is 776 g/mol. The number of benzene rings is 2. The lowest BCUT2D eigenvalue weighted by Crippen LogP contribution is -2.61. The van der Waals surface area contributed by atoms with Crippen molar-refractivity contribution in [2.24, 2.45) is 22.7 Å². The Hall–Kier alpha value is -5.40. The number of fused-ring (bicyclic) bond motifs is 3. The fraction of sp³-hybridized carbons (Fsp3) is 0.511. The van der Waals surface area contributed by atoms with Gasteiger partial charge in [0.1, 0.15) is 19.8 Å². The largest absolute Gasteiger partial charge is 0.462 e. The number of aliphatic hydroxyl groups is 1. The first kappa shape index (κ1) is 44.2. The van der Waals surface area contributed by atoms with Gasteiger partial charge in [0.15, 0.2) is 12.4 Å². The summed E-state index contributed by atoms with van der Waals surface area (Å²) < 4.78 is 32.6. The summed E-state index contributed by atoms with van der Waals surface area (Å²) in [5, 5.41) is 16.7. The minimum absolute atomic E-state index is 0.00414. The average Bonchev–Trinajstić information content (AvgIpc) is 3.83. The molecule has 3 fully saturated rings. The topological polar surface area (TPSA) is 202 Å². The normalized spacial score (nSPS) is 27.9. The summed E-state index contributed by atoms with van der Waals surface area (Å²) in [5.74, 6) is -0.712. The van der Waals surface area contributed by atoms with E-state index in [-0.39, 0.29) is 86.8 Å². The summed E-state index contributed by atoms with van der Waals surface area (Å²) in [4.78, 5) is 75.3. The molecule has 0 spiro atoms. The van der Waals surface area contributed by atoms with Crippen molar-refractivity contribution in [1.82, 2.24) is 5.32 Å². The quantitative estimate of drug-likeness (QED) is 0.0687. The number of rotatable bonds is 17. The smallest absolute Gasteiger partial charge is 0.344 e. The van der Waals surface area contributed by atoms with Crippen molar-refractivity contribution in [3.05, 3.63) is 76.9 Å². The minimum atomic E-state index is -0.775. The number of carbonyl (C=O) groups excluding carboxylic acids is 6. The first-order chi connectivity index (χ1) is 28.7. The summed E-state index contributed by atoms with van der Waals surface area (Å²) in [5.41, 5.74) is 0.342. The molecule has 2 aromatic rings. The van der Waals surface area contributed by atoms with Crippen LogP contribution in [0.2, 0.25) is 0 Å². The fourth-order valence-electron chi connectivity index (χ4n) is 9.58. The van der Waals surface area contributed by atoms with Crippen LogP contribution >= 0.6 is 0 Å². The highest BCUT2D eigenvalue weighted by Gasteiger charge is 2.65. The van der Waals surface area contributed by atoms with Crippen LogP contribution in [0.3, 0.4) is 0 Å². The van der Waals surface area contributed by atoms with Crippen molar-refractivity contribution in [1.29, 1.82) is 0 Å². The van der Waals surface area contributed by atoms with Crippen molar-refractivity contribution >= 4 is 41.3 Å². The van der Waals surface area contributed by atoms with Gasteiger partial charge in [0, 0.05) is 22.2 Å². The van der Waals surface area contributed by atoms with Gasteiger partial charge in [-0.05, 0) is 98.8 Å². The molecule has 6 rings (SSSR count). The van der Waals surface area contributed by atoms with Crippen LogP contribution in [0, 0.1) is 35.0 Å². The summed E-state index contributed by atoms with van der Waals surface area (Å²) in [6, 6.07) is 12.0. The Bertz CT molecular complexity index is 2020. The number of aliphatic hydroxyl groups excluding tert-OH is 1. The third-order valence-electron chi connectivity index (χ3n) is 12.6. The van der Waals surface area contributed by atoms with Crippen molar-refractivity contribution in [2.45, 2.75) is 70.7 Å². The van der Waals surface area contributed by atoms with Crippen molar-refractivity contribution in [3.8, 4) is 12.3 Å². The number of terminal acetylenes is 1. The molecule has 2 heterocycles. The second-order valence-electron chi connectivity index (χ2n) is 16.5. The maximum absolute atomic E-state index is 13.1. The van der Waals surface area contributed by atoms with E-state index in [1.54, 1.807) is 30.3 Å². The second-order valence-corrected chi connectivity index (χ2v) is 16.5. The fourth-order valence-corrected chi connectivity index (χ4v) is 9.58. The second kappa shape index (κ2) is 18.9. The van der Waals surface area contributed by atoms with Crippen LogP contribution in [0.4, 0.5) is 5.69 Å². The zero-order chi connectivity index (χ0) is 43.1. The molecule has 0 aromatic heterocycles. The summed E-state index contributed by atoms with van der Waals surface area (Å²) in [6.45, 7) is 5.88. The lowest BCUT2D eigenvalue weighted by molar-refractivity contribution is -0.204. The molecule has 3 N–H and O–H groups in total. The minimum Gasteiger partial charge on any atom is -0.462 e. The van der Waals surface area contributed by atoms with Gasteiger partial charge in [0.2, 0.25) is 5.91 Å². The van der Waals surface area contributed by atoms with E-state index < -0.39 is 47.5 Å². The number of ketones is 1. The molecule has 4 aliphatic rings. The third kappa shape index (κ3) is 9.79. The Morgan fingerprint density at radius 1 is 0.867 bits per heavy atom. The Morgan fingerprint density at radius 3 is 2.25 bits per heavy atom. The molecule has 15 nitrogen and oxygen atoms in total. The summed E-state index contributed by atoms with van der Waals surface area (Å²) >= 11 is 0. The van der Waals surface area contributed by atoms with Gasteiger partial charge in [-0.15, -0.1) is 6.42 Å². The molecule has 2 saturated carbocycles. The van der Waals surface area contributed by atoms with E-state index in [2.05, 4.69) is 30.4 Å². The Balaban J connectivity index is 0.942. The molecule has 4 unspecified atom stereocenters. The Morgan fingerprint density at radius 2 is 1.57 bits per heavy atom. The maximum atomic E-state index is 13.1. The molecule has 7 atom stereocenters. The lowest BCUT2D eigenvalue weighted by atomic mass is 9.44. The number of amides is 1. The van der Waals surface area contributed by atoms with Crippen LogP contribution in [-0.4, -0.2) is 111 Å². The van der Waals surface area contributed by atoms with Gasteiger partial charge in [-0.2, -0.15) is 0 Å². The van der Waals surface area contributed by atoms with Crippen molar-refractivity contribution in [2.75, 3.05) is 58.0 Å². The molecule has 2 aliphatic carbocycles. The molecule has 320 valence electrons. The van der Waals surface area contributed by atoms with E-state index in [4.69, 9.17) is 34.8 Å². The highest BCUT2D eigenvalue weighted by Crippen LogP contribution is 2.66. The van der Waals surface area contributed by atoms with Gasteiger partial charge >= 0.3 is 23.9 Å². The SMILES string of the molecule is C#CCOCCOC(=O)CNCC(=O)Nc1ccc(C(=O)c2ccc(C(=O)OCC(=O)OC[C@@]3(C)C4CCC5(C)OC(C6=CCOC6=O)CC5[C@]4(C)CC[C@H]3O)cc2)cc1. The molecule has 1 amide bonds. The third-order valence-corrected chi connectivity index (χ3v) is 12.6. The van der Waals surface area contributed by atoms with Crippen LogP contribution in [0.5, 0.6) is 0 Å². The van der Waals surface area contributed by atoms with Gasteiger partial charge < -0.3 is 38.8 Å². The number of anilines is 1. The van der Waals surface area contributed by atoms with E-state index in [1.807, 2.05) is 6.92 Å². The van der Waals surface area contributed by atoms with Crippen LogP contribution in [-0.2, 0) is 47.6 Å². The van der Waals surface area contributed by atoms with E-state index in [9.17, 15) is 33.9 Å². The lowest BCUT2D eigenvalue weighted by Gasteiger charge is -2.61. The first-order valence-corrected chi connectivity index (χ1v) is 20.1. The molecule has 1 saturated heterocycles. The van der Waals surface area contributed by atoms with Gasteiger partial charge in [-0.3, -0.25) is 19.7 Å². The summed E-state index contributed by atoms with van der Waals surface area (Å²) in [6.07, 6.45) is 9.26. The van der Waals surface area contributed by atoms with Gasteiger partial charge in [-0.1, -0.05) is 31.9 Å². The van der Waals surface area contributed by atoms with E-state index in [0.29, 0.717) is 35.2 Å². The highest BCUT2D eigenvalue weighted by atomic mass is 16.6.